The molecule has 0 heterocycles. The zero-order valence-corrected chi connectivity index (χ0v) is 10.7. The zero-order valence-electron chi connectivity index (χ0n) is 16.7. The lowest BCUT2D eigenvalue weighted by Crippen LogP contribution is -2.43. The number of nitrogens with one attached hydrogen (secondary N) is 1. The van der Waals surface area contributed by atoms with Gasteiger partial charge in [0.2, 0.25) is 0 Å². The molecule has 1 N–H and O–H groups in total. The largest absolute Gasteiger partial charge is 0.444 e. The van der Waals surface area contributed by atoms with Gasteiger partial charge in [-0.25, -0.2) is 4.79 Å². The third-order valence-corrected chi connectivity index (χ3v) is 2.78. The predicted octanol–water partition coefficient (Wildman–Crippen LogP) is 2.38. The van der Waals surface area contributed by atoms with E-state index >= 15 is 0 Å². The quantitative estimate of drug-likeness (QED) is 0.816. The van der Waals surface area contributed by atoms with E-state index < -0.39 is 31.7 Å². The summed E-state index contributed by atoms with van der Waals surface area (Å²) in [4.78, 5) is 12.4. The van der Waals surface area contributed by atoms with Crippen molar-refractivity contribution in [1.29, 1.82) is 0 Å². The standard InChI is InChI=1S/C13H26N2O2/c1-13(2,3)17-12(16)14-10-6-8-11(9-7-10)15(4)5/h10-11H,6-9H2,1-5H3,(H,14,16)/i4D3,5D3. The van der Waals surface area contributed by atoms with Crippen molar-refractivity contribution in [3.63, 3.8) is 0 Å². The molecule has 1 fully saturated rings. The van der Waals surface area contributed by atoms with Gasteiger partial charge in [0.1, 0.15) is 5.60 Å². The molecule has 0 aromatic rings. The van der Waals surface area contributed by atoms with Gasteiger partial charge in [-0.2, -0.15) is 0 Å². The predicted molar refractivity (Wildman–Crippen MR) is 69.1 cm³/mol. The van der Waals surface area contributed by atoms with Gasteiger partial charge < -0.3 is 15.0 Å². The molecular weight excluding hydrogens is 216 g/mol. The van der Waals surface area contributed by atoms with Crippen LogP contribution in [0.1, 0.15) is 54.7 Å². The van der Waals surface area contributed by atoms with E-state index in [0.29, 0.717) is 30.6 Å². The smallest absolute Gasteiger partial charge is 0.407 e. The highest BCUT2D eigenvalue weighted by atomic mass is 16.6. The van der Waals surface area contributed by atoms with Crippen LogP contribution in [0.5, 0.6) is 0 Å². The van der Waals surface area contributed by atoms with Crippen molar-refractivity contribution in [2.24, 2.45) is 0 Å². The molecule has 0 aliphatic heterocycles. The lowest BCUT2D eigenvalue weighted by molar-refractivity contribution is 0.0483. The lowest BCUT2D eigenvalue weighted by atomic mass is 9.91. The summed E-state index contributed by atoms with van der Waals surface area (Å²) in [6, 6.07) is -0.678. The van der Waals surface area contributed by atoms with Crippen LogP contribution in [-0.2, 0) is 4.74 Å². The Hall–Kier alpha value is -0.770. The summed E-state index contributed by atoms with van der Waals surface area (Å²) in [7, 11) is 0. The molecule has 1 aliphatic rings. The van der Waals surface area contributed by atoms with Crippen molar-refractivity contribution >= 4 is 6.09 Å². The van der Waals surface area contributed by atoms with E-state index in [1.165, 1.54) is 0 Å². The van der Waals surface area contributed by atoms with Crippen molar-refractivity contribution in [3.05, 3.63) is 0 Å². The van der Waals surface area contributed by atoms with E-state index in [0.717, 1.165) is 0 Å². The Kier molecular flexibility index (Phi) is 2.56. The number of hydrogen-bond acceptors (Lipinski definition) is 3. The highest BCUT2D eigenvalue weighted by Crippen LogP contribution is 2.21. The van der Waals surface area contributed by atoms with Gasteiger partial charge in [0.25, 0.3) is 0 Å². The van der Waals surface area contributed by atoms with Gasteiger partial charge in [-0.3, -0.25) is 0 Å². The van der Waals surface area contributed by atoms with E-state index in [2.05, 4.69) is 5.32 Å². The molecule has 0 unspecified atom stereocenters. The average molecular weight is 248 g/mol. The second-order valence-corrected chi connectivity index (χ2v) is 5.52. The highest BCUT2D eigenvalue weighted by Gasteiger charge is 2.25. The Morgan fingerprint density at radius 1 is 1.29 bits per heavy atom. The van der Waals surface area contributed by atoms with E-state index in [1.807, 2.05) is 0 Å². The van der Waals surface area contributed by atoms with Crippen molar-refractivity contribution < 1.29 is 17.8 Å². The molecule has 4 heteroatoms. The van der Waals surface area contributed by atoms with Crippen LogP contribution in [0.3, 0.4) is 0 Å². The van der Waals surface area contributed by atoms with Crippen LogP contribution < -0.4 is 5.32 Å². The van der Waals surface area contributed by atoms with Crippen LogP contribution in [0, 0.1) is 0 Å². The molecule has 0 aromatic carbocycles. The minimum Gasteiger partial charge on any atom is -0.444 e. The number of amides is 1. The van der Waals surface area contributed by atoms with Crippen LogP contribution in [0.4, 0.5) is 4.79 Å². The van der Waals surface area contributed by atoms with Gasteiger partial charge in [0, 0.05) is 20.3 Å². The van der Waals surface area contributed by atoms with Crippen molar-refractivity contribution in [2.45, 2.75) is 64.1 Å². The first-order chi connectivity index (χ1) is 10.2. The molecule has 1 rings (SSSR count). The second kappa shape index (κ2) is 5.71. The molecule has 100 valence electrons. The monoisotopic (exact) mass is 248 g/mol. The minimum absolute atomic E-state index is 0.129. The number of carbonyl (C=O) groups is 1. The molecule has 0 aromatic heterocycles. The number of hydrogen-bond donors (Lipinski definition) is 1. The topological polar surface area (TPSA) is 41.6 Å². The summed E-state index contributed by atoms with van der Waals surface area (Å²) >= 11 is 0. The first-order valence-electron chi connectivity index (χ1n) is 8.99. The summed E-state index contributed by atoms with van der Waals surface area (Å²) in [5.41, 5.74) is -0.583. The maximum absolute atomic E-state index is 11.7. The van der Waals surface area contributed by atoms with E-state index in [1.54, 1.807) is 20.8 Å². The normalized spacial score (nSPS) is 32.5. The minimum atomic E-state index is -2.67. The summed E-state index contributed by atoms with van der Waals surface area (Å²) in [6.45, 7) is -0.0151. The molecule has 0 atom stereocenters. The summed E-state index contributed by atoms with van der Waals surface area (Å²) in [6.07, 6.45) is 1.33. The van der Waals surface area contributed by atoms with Gasteiger partial charge in [-0.15, -0.1) is 0 Å². The fourth-order valence-electron chi connectivity index (χ4n) is 1.95. The maximum atomic E-state index is 11.7. The Bertz CT molecular complexity index is 394. The van der Waals surface area contributed by atoms with E-state index in [-0.39, 0.29) is 6.04 Å². The molecule has 0 spiro atoms. The number of rotatable bonds is 2. The van der Waals surface area contributed by atoms with E-state index in [9.17, 15) is 4.79 Å². The van der Waals surface area contributed by atoms with Crippen LogP contribution >= 0.6 is 0 Å². The van der Waals surface area contributed by atoms with Crippen LogP contribution in [0.2, 0.25) is 0 Å². The van der Waals surface area contributed by atoms with E-state index in [4.69, 9.17) is 13.0 Å². The Labute approximate surface area is 113 Å². The summed E-state index contributed by atoms with van der Waals surface area (Å²) in [5.74, 6) is 0. The van der Waals surface area contributed by atoms with Crippen LogP contribution in [-0.4, -0.2) is 42.6 Å². The fraction of sp³-hybridized carbons (Fsp3) is 0.923. The Morgan fingerprint density at radius 2 is 1.88 bits per heavy atom. The van der Waals surface area contributed by atoms with Gasteiger partial charge in [0.15, 0.2) is 0 Å². The molecule has 4 nitrogen and oxygen atoms in total. The maximum Gasteiger partial charge on any atom is 0.407 e. The molecule has 0 radical (unpaired) electrons. The van der Waals surface area contributed by atoms with Crippen LogP contribution in [0.15, 0.2) is 0 Å². The Balaban J connectivity index is 2.59. The van der Waals surface area contributed by atoms with Gasteiger partial charge in [-0.05, 0) is 60.4 Å². The average Bonchev–Trinajstić information content (AvgIpc) is 2.25. The number of alkyl carbamates (subject to hydrolysis) is 1. The first-order valence-corrected chi connectivity index (χ1v) is 5.99. The molecular formula is C13H26N2O2. The first kappa shape index (κ1) is 7.62. The molecule has 0 bridgehead atoms. The third kappa shape index (κ3) is 5.39. The summed E-state index contributed by atoms with van der Waals surface area (Å²) < 4.78 is 49.9. The number of ether oxygens (including phenoxy) is 1. The zero-order chi connectivity index (χ0) is 18.1. The SMILES string of the molecule is [2H]C([2H])([2H])N(C1CCC(NC(=O)OC(C)(C)C)CC1)C([2H])([2H])[2H]. The Morgan fingerprint density at radius 3 is 2.35 bits per heavy atom. The highest BCUT2D eigenvalue weighted by molar-refractivity contribution is 5.68. The number of nitrogens with zero attached hydrogens (tertiary/aromatic N) is 1. The molecule has 1 saturated carbocycles. The second-order valence-electron chi connectivity index (χ2n) is 5.52. The third-order valence-electron chi connectivity index (χ3n) is 2.78. The molecule has 17 heavy (non-hydrogen) atoms. The van der Waals surface area contributed by atoms with Gasteiger partial charge >= 0.3 is 6.09 Å². The lowest BCUT2D eigenvalue weighted by Gasteiger charge is -2.33. The van der Waals surface area contributed by atoms with Crippen LogP contribution in [0.25, 0.3) is 0 Å². The number of carbonyl (C=O) groups excluding carboxylic acids is 1. The fourth-order valence-corrected chi connectivity index (χ4v) is 1.95. The van der Waals surface area contributed by atoms with Crippen molar-refractivity contribution in [3.8, 4) is 0 Å². The molecule has 1 aliphatic carbocycles. The molecule has 0 saturated heterocycles. The van der Waals surface area contributed by atoms with Crippen molar-refractivity contribution in [1.82, 2.24) is 10.2 Å². The molecule has 1 amide bonds. The van der Waals surface area contributed by atoms with Gasteiger partial charge in [0.05, 0.1) is 0 Å². The van der Waals surface area contributed by atoms with Gasteiger partial charge in [-0.1, -0.05) is 0 Å². The van der Waals surface area contributed by atoms with Crippen molar-refractivity contribution in [2.75, 3.05) is 14.0 Å². The summed E-state index contributed by atoms with van der Waals surface area (Å²) in [5, 5.41) is 2.75.